The van der Waals surface area contributed by atoms with E-state index in [0.717, 1.165) is 50.8 Å². The van der Waals surface area contributed by atoms with Gasteiger partial charge in [0.15, 0.2) is 0 Å². The van der Waals surface area contributed by atoms with Gasteiger partial charge >= 0.3 is 0 Å². The summed E-state index contributed by atoms with van der Waals surface area (Å²) in [6.07, 6.45) is 5.52. The zero-order valence-corrected chi connectivity index (χ0v) is 13.9. The van der Waals surface area contributed by atoms with Crippen LogP contribution in [0.4, 0.5) is 0 Å². The van der Waals surface area contributed by atoms with Crippen LogP contribution in [0.3, 0.4) is 0 Å². The van der Waals surface area contributed by atoms with Crippen LogP contribution in [0.1, 0.15) is 39.5 Å². The molecule has 0 bridgehead atoms. The highest BCUT2D eigenvalue weighted by Crippen LogP contribution is 2.29. The standard InChI is InChI=1S/C17H33N3O/c1-14(2)11-17(19-7-9-21-10-8-19)12-18-15-5-6-20(13-15)16-3-4-16/h14-18H,3-13H2,1-2H3. The Balaban J connectivity index is 1.44. The maximum Gasteiger partial charge on any atom is 0.0594 e. The molecule has 4 nitrogen and oxygen atoms in total. The molecular formula is C17H33N3O. The average molecular weight is 295 g/mol. The average Bonchev–Trinajstić information content (AvgIpc) is 3.23. The van der Waals surface area contributed by atoms with Gasteiger partial charge in [-0.3, -0.25) is 9.80 Å². The van der Waals surface area contributed by atoms with Crippen LogP contribution in [0.2, 0.25) is 0 Å². The minimum absolute atomic E-state index is 0.684. The van der Waals surface area contributed by atoms with Gasteiger partial charge in [0, 0.05) is 50.8 Å². The molecule has 0 radical (unpaired) electrons. The Morgan fingerprint density at radius 2 is 1.86 bits per heavy atom. The van der Waals surface area contributed by atoms with Crippen LogP contribution < -0.4 is 5.32 Å². The molecule has 2 saturated heterocycles. The fourth-order valence-corrected chi connectivity index (χ4v) is 3.88. The zero-order chi connectivity index (χ0) is 14.7. The lowest BCUT2D eigenvalue weighted by atomic mass is 10.0. The molecule has 1 N–H and O–H groups in total. The van der Waals surface area contributed by atoms with Gasteiger partial charge in [0.2, 0.25) is 0 Å². The number of nitrogens with one attached hydrogen (secondary N) is 1. The van der Waals surface area contributed by atoms with Crippen molar-refractivity contribution in [2.24, 2.45) is 5.92 Å². The van der Waals surface area contributed by atoms with Crippen molar-refractivity contribution in [1.29, 1.82) is 0 Å². The van der Waals surface area contributed by atoms with Crippen molar-refractivity contribution in [3.63, 3.8) is 0 Å². The molecule has 0 aromatic heterocycles. The molecule has 2 heterocycles. The fraction of sp³-hybridized carbons (Fsp3) is 1.00. The number of nitrogens with zero attached hydrogens (tertiary/aromatic N) is 2. The molecule has 122 valence electrons. The van der Waals surface area contributed by atoms with Crippen LogP contribution in [-0.2, 0) is 4.74 Å². The number of ether oxygens (including phenoxy) is 1. The Kier molecular flexibility index (Phi) is 5.54. The summed E-state index contributed by atoms with van der Waals surface area (Å²) in [4.78, 5) is 5.34. The number of hydrogen-bond donors (Lipinski definition) is 1. The van der Waals surface area contributed by atoms with Crippen molar-refractivity contribution in [2.45, 2.75) is 57.7 Å². The maximum atomic E-state index is 5.51. The van der Waals surface area contributed by atoms with E-state index < -0.39 is 0 Å². The lowest BCUT2D eigenvalue weighted by Gasteiger charge is -2.36. The van der Waals surface area contributed by atoms with Crippen LogP contribution in [0.25, 0.3) is 0 Å². The highest BCUT2D eigenvalue weighted by Gasteiger charge is 2.34. The van der Waals surface area contributed by atoms with Crippen LogP contribution in [-0.4, -0.2) is 73.9 Å². The van der Waals surface area contributed by atoms with Crippen molar-refractivity contribution >= 4 is 0 Å². The molecule has 0 amide bonds. The molecule has 21 heavy (non-hydrogen) atoms. The monoisotopic (exact) mass is 295 g/mol. The molecule has 0 aromatic carbocycles. The predicted molar refractivity (Wildman–Crippen MR) is 86.6 cm³/mol. The van der Waals surface area contributed by atoms with Crippen molar-refractivity contribution in [2.75, 3.05) is 45.9 Å². The second-order valence-corrected chi connectivity index (χ2v) is 7.55. The van der Waals surface area contributed by atoms with Gasteiger partial charge in [-0.05, 0) is 31.6 Å². The van der Waals surface area contributed by atoms with E-state index in [4.69, 9.17) is 4.74 Å². The van der Waals surface area contributed by atoms with Gasteiger partial charge in [-0.2, -0.15) is 0 Å². The van der Waals surface area contributed by atoms with Crippen molar-refractivity contribution in [3.8, 4) is 0 Å². The minimum atomic E-state index is 0.684. The molecule has 2 atom stereocenters. The number of hydrogen-bond acceptors (Lipinski definition) is 4. The van der Waals surface area contributed by atoms with Crippen LogP contribution in [0.15, 0.2) is 0 Å². The third kappa shape index (κ3) is 4.65. The van der Waals surface area contributed by atoms with Crippen molar-refractivity contribution in [3.05, 3.63) is 0 Å². The fourth-order valence-electron chi connectivity index (χ4n) is 3.88. The van der Waals surface area contributed by atoms with Gasteiger partial charge < -0.3 is 10.1 Å². The summed E-state index contributed by atoms with van der Waals surface area (Å²) in [5.74, 6) is 0.770. The normalized spacial score (nSPS) is 30.1. The molecule has 3 aliphatic rings. The number of likely N-dealkylation sites (tertiary alicyclic amines) is 1. The molecule has 3 rings (SSSR count). The van der Waals surface area contributed by atoms with Gasteiger partial charge in [-0.15, -0.1) is 0 Å². The minimum Gasteiger partial charge on any atom is -0.379 e. The van der Waals surface area contributed by atoms with Gasteiger partial charge in [0.1, 0.15) is 0 Å². The summed E-state index contributed by atoms with van der Waals surface area (Å²) in [6.45, 7) is 12.5. The Hall–Kier alpha value is -0.160. The zero-order valence-electron chi connectivity index (χ0n) is 13.9. The quantitative estimate of drug-likeness (QED) is 0.771. The lowest BCUT2D eigenvalue weighted by Crippen LogP contribution is -2.50. The van der Waals surface area contributed by atoms with Gasteiger partial charge in [-0.25, -0.2) is 0 Å². The van der Waals surface area contributed by atoms with Crippen LogP contribution in [0.5, 0.6) is 0 Å². The topological polar surface area (TPSA) is 27.7 Å². The summed E-state index contributed by atoms with van der Waals surface area (Å²) < 4.78 is 5.51. The van der Waals surface area contributed by atoms with Gasteiger partial charge in [0.05, 0.1) is 13.2 Å². The summed E-state index contributed by atoms with van der Waals surface area (Å²) >= 11 is 0. The molecule has 1 saturated carbocycles. The molecular weight excluding hydrogens is 262 g/mol. The summed E-state index contributed by atoms with van der Waals surface area (Å²) in [6, 6.07) is 2.34. The SMILES string of the molecule is CC(C)CC(CNC1CCN(C2CC2)C1)N1CCOCC1. The van der Waals surface area contributed by atoms with E-state index in [9.17, 15) is 0 Å². The molecule has 2 aliphatic heterocycles. The van der Waals surface area contributed by atoms with E-state index in [1.165, 1.54) is 38.8 Å². The first-order chi connectivity index (χ1) is 10.2. The highest BCUT2D eigenvalue weighted by molar-refractivity contribution is 4.92. The number of morpholine rings is 1. The first kappa shape index (κ1) is 15.7. The Bertz CT molecular complexity index is 313. The third-order valence-corrected chi connectivity index (χ3v) is 5.23. The van der Waals surface area contributed by atoms with E-state index >= 15 is 0 Å². The molecule has 2 unspecified atom stereocenters. The van der Waals surface area contributed by atoms with E-state index in [1.54, 1.807) is 0 Å². The molecule has 3 fully saturated rings. The lowest BCUT2D eigenvalue weighted by molar-refractivity contribution is 0.0118. The second-order valence-electron chi connectivity index (χ2n) is 7.55. The Morgan fingerprint density at radius 1 is 1.10 bits per heavy atom. The first-order valence-corrected chi connectivity index (χ1v) is 9.01. The first-order valence-electron chi connectivity index (χ1n) is 9.01. The van der Waals surface area contributed by atoms with Gasteiger partial charge in [-0.1, -0.05) is 13.8 Å². The van der Waals surface area contributed by atoms with E-state index in [-0.39, 0.29) is 0 Å². The summed E-state index contributed by atoms with van der Waals surface area (Å²) in [7, 11) is 0. The highest BCUT2D eigenvalue weighted by atomic mass is 16.5. The molecule has 0 aromatic rings. The van der Waals surface area contributed by atoms with Gasteiger partial charge in [0.25, 0.3) is 0 Å². The smallest absolute Gasteiger partial charge is 0.0594 e. The largest absolute Gasteiger partial charge is 0.379 e. The van der Waals surface area contributed by atoms with Crippen LogP contribution >= 0.6 is 0 Å². The number of rotatable bonds is 7. The molecule has 1 aliphatic carbocycles. The van der Waals surface area contributed by atoms with Crippen molar-refractivity contribution in [1.82, 2.24) is 15.1 Å². The molecule has 4 heteroatoms. The third-order valence-electron chi connectivity index (χ3n) is 5.23. The van der Waals surface area contributed by atoms with E-state index in [2.05, 4.69) is 29.0 Å². The Labute approximate surface area is 130 Å². The predicted octanol–water partition coefficient (Wildman–Crippen LogP) is 1.56. The Morgan fingerprint density at radius 3 is 2.52 bits per heavy atom. The van der Waals surface area contributed by atoms with Crippen molar-refractivity contribution < 1.29 is 4.74 Å². The maximum absolute atomic E-state index is 5.51. The van der Waals surface area contributed by atoms with E-state index in [1.807, 2.05) is 0 Å². The summed E-state index contributed by atoms with van der Waals surface area (Å²) in [5.41, 5.74) is 0. The van der Waals surface area contributed by atoms with Crippen LogP contribution in [0, 0.1) is 5.92 Å². The second kappa shape index (κ2) is 7.40. The molecule has 0 spiro atoms. The summed E-state index contributed by atoms with van der Waals surface area (Å²) in [5, 5.41) is 3.87. The van der Waals surface area contributed by atoms with E-state index in [0.29, 0.717) is 6.04 Å².